The third-order valence-corrected chi connectivity index (χ3v) is 3.97. The number of rotatable bonds is 4. The van der Waals surface area contributed by atoms with Gasteiger partial charge in [-0.1, -0.05) is 6.07 Å². The van der Waals surface area contributed by atoms with Gasteiger partial charge in [0.05, 0.1) is 19.1 Å². The summed E-state index contributed by atoms with van der Waals surface area (Å²) in [5.74, 6) is 0.253. The maximum absolute atomic E-state index is 11.2. The Bertz CT molecular complexity index is 533. The normalized spacial score (nSPS) is 24.3. The van der Waals surface area contributed by atoms with Gasteiger partial charge in [0.15, 0.2) is 11.5 Å². The topological polar surface area (TPSA) is 68.2 Å². The molecule has 6 nitrogen and oxygen atoms in total. The first-order valence-corrected chi connectivity index (χ1v) is 7.04. The van der Waals surface area contributed by atoms with Crippen molar-refractivity contribution in [3.8, 4) is 11.5 Å². The van der Waals surface area contributed by atoms with Gasteiger partial charge in [0.1, 0.15) is 13.2 Å². The van der Waals surface area contributed by atoms with E-state index in [1.165, 1.54) is 0 Å². The highest BCUT2D eigenvalue weighted by Crippen LogP contribution is 2.31. The van der Waals surface area contributed by atoms with Gasteiger partial charge in [-0.3, -0.25) is 9.69 Å². The van der Waals surface area contributed by atoms with Crippen molar-refractivity contribution in [1.82, 2.24) is 4.90 Å². The second-order valence-electron chi connectivity index (χ2n) is 5.44. The van der Waals surface area contributed by atoms with Gasteiger partial charge in [-0.15, -0.1) is 0 Å². The van der Waals surface area contributed by atoms with Gasteiger partial charge in [0.25, 0.3) is 0 Å². The average Bonchev–Trinajstić information content (AvgIpc) is 2.97. The second kappa shape index (κ2) is 5.91. The van der Waals surface area contributed by atoms with E-state index in [4.69, 9.17) is 14.2 Å². The molecule has 3 rings (SSSR count). The van der Waals surface area contributed by atoms with Crippen molar-refractivity contribution in [3.63, 3.8) is 0 Å². The van der Waals surface area contributed by atoms with Gasteiger partial charge < -0.3 is 19.3 Å². The Balaban J connectivity index is 1.69. The van der Waals surface area contributed by atoms with E-state index < -0.39 is 11.9 Å². The first-order chi connectivity index (χ1) is 10.1. The van der Waals surface area contributed by atoms with Gasteiger partial charge in [-0.25, -0.2) is 0 Å². The molecular formula is C15H19NO5. The largest absolute Gasteiger partial charge is 0.486 e. The van der Waals surface area contributed by atoms with Crippen molar-refractivity contribution >= 4 is 5.97 Å². The van der Waals surface area contributed by atoms with Gasteiger partial charge in [0.2, 0.25) is 0 Å². The highest BCUT2D eigenvalue weighted by molar-refractivity contribution is 5.71. The lowest BCUT2D eigenvalue weighted by atomic mass is 10.0. The fourth-order valence-corrected chi connectivity index (χ4v) is 2.80. The molecule has 2 aliphatic heterocycles. The number of carboxylic acids is 1. The van der Waals surface area contributed by atoms with E-state index in [2.05, 4.69) is 0 Å². The molecule has 0 aliphatic carbocycles. The molecule has 2 unspecified atom stereocenters. The van der Waals surface area contributed by atoms with E-state index >= 15 is 0 Å². The maximum atomic E-state index is 11.2. The van der Waals surface area contributed by atoms with Crippen LogP contribution in [0, 0.1) is 5.92 Å². The third kappa shape index (κ3) is 2.96. The third-order valence-electron chi connectivity index (χ3n) is 3.97. The van der Waals surface area contributed by atoms with E-state index in [1.807, 2.05) is 30.1 Å². The van der Waals surface area contributed by atoms with Crippen molar-refractivity contribution in [2.24, 2.45) is 5.92 Å². The Kier molecular flexibility index (Phi) is 3.98. The van der Waals surface area contributed by atoms with Gasteiger partial charge >= 0.3 is 5.97 Å². The minimum atomic E-state index is -0.800. The fourth-order valence-electron chi connectivity index (χ4n) is 2.80. The summed E-state index contributed by atoms with van der Waals surface area (Å²) in [5, 5.41) is 9.21. The van der Waals surface area contributed by atoms with Crippen LogP contribution >= 0.6 is 0 Å². The molecule has 1 saturated heterocycles. The summed E-state index contributed by atoms with van der Waals surface area (Å²) in [5.41, 5.74) is 1.07. The smallest absolute Gasteiger partial charge is 0.310 e. The van der Waals surface area contributed by atoms with Crippen molar-refractivity contribution in [1.29, 1.82) is 0 Å². The number of hydrogen-bond acceptors (Lipinski definition) is 5. The molecule has 0 aromatic heterocycles. The van der Waals surface area contributed by atoms with Crippen molar-refractivity contribution in [2.75, 3.05) is 33.5 Å². The quantitative estimate of drug-likeness (QED) is 0.893. The first kappa shape index (κ1) is 14.2. The van der Waals surface area contributed by atoms with Crippen LogP contribution in [0.5, 0.6) is 11.5 Å². The molecule has 0 amide bonds. The lowest BCUT2D eigenvalue weighted by molar-refractivity contribution is -0.143. The monoisotopic (exact) mass is 293 g/mol. The molecule has 1 N–H and O–H groups in total. The molecule has 1 fully saturated rings. The van der Waals surface area contributed by atoms with Gasteiger partial charge in [-0.05, 0) is 24.7 Å². The summed E-state index contributed by atoms with van der Waals surface area (Å²) in [6.45, 7) is 2.52. The Morgan fingerprint density at radius 2 is 2.05 bits per heavy atom. The summed E-state index contributed by atoms with van der Waals surface area (Å²) < 4.78 is 16.4. The van der Waals surface area contributed by atoms with Crippen LogP contribution in [0.2, 0.25) is 0 Å². The molecule has 0 bridgehead atoms. The fraction of sp³-hybridized carbons (Fsp3) is 0.533. The van der Waals surface area contributed by atoms with Crippen LogP contribution in [0.1, 0.15) is 5.56 Å². The van der Waals surface area contributed by atoms with E-state index in [-0.39, 0.29) is 12.6 Å². The van der Waals surface area contributed by atoms with Crippen molar-refractivity contribution in [2.45, 2.75) is 12.6 Å². The van der Waals surface area contributed by atoms with E-state index in [0.717, 1.165) is 17.1 Å². The summed E-state index contributed by atoms with van der Waals surface area (Å²) in [6.07, 6.45) is 0. The number of carboxylic acid groups (broad SMARTS) is 1. The number of nitrogens with zero attached hydrogens (tertiary/aromatic N) is 1. The number of hydrogen-bond donors (Lipinski definition) is 1. The van der Waals surface area contributed by atoms with Crippen LogP contribution in [0.4, 0.5) is 0 Å². The van der Waals surface area contributed by atoms with Crippen molar-refractivity contribution < 1.29 is 24.1 Å². The highest BCUT2D eigenvalue weighted by Gasteiger charge is 2.36. The SMILES string of the molecule is CN(Cc1ccc2c(c1)OCCO2)C1COCC1C(=O)O. The maximum Gasteiger partial charge on any atom is 0.310 e. The molecular weight excluding hydrogens is 274 g/mol. The molecule has 21 heavy (non-hydrogen) atoms. The number of aliphatic carboxylic acids is 1. The lowest BCUT2D eigenvalue weighted by Gasteiger charge is -2.27. The van der Waals surface area contributed by atoms with Crippen LogP contribution in [0.25, 0.3) is 0 Å². The minimum Gasteiger partial charge on any atom is -0.486 e. The zero-order chi connectivity index (χ0) is 14.8. The van der Waals surface area contributed by atoms with Crippen LogP contribution in [-0.2, 0) is 16.1 Å². The summed E-state index contributed by atoms with van der Waals surface area (Å²) in [7, 11) is 1.92. The lowest BCUT2D eigenvalue weighted by Crippen LogP contribution is -2.40. The van der Waals surface area contributed by atoms with Crippen LogP contribution < -0.4 is 9.47 Å². The number of likely N-dealkylation sites (N-methyl/N-ethyl adjacent to an activating group) is 1. The highest BCUT2D eigenvalue weighted by atomic mass is 16.6. The zero-order valence-electron chi connectivity index (χ0n) is 11.9. The predicted molar refractivity (Wildman–Crippen MR) is 74.6 cm³/mol. The number of carbonyl (C=O) groups is 1. The predicted octanol–water partition coefficient (Wildman–Crippen LogP) is 0.989. The molecule has 114 valence electrons. The van der Waals surface area contributed by atoms with Crippen LogP contribution in [-0.4, -0.2) is 55.5 Å². The van der Waals surface area contributed by atoms with Gasteiger partial charge in [0, 0.05) is 12.6 Å². The Labute approximate surface area is 123 Å². The molecule has 6 heteroatoms. The van der Waals surface area contributed by atoms with E-state index in [1.54, 1.807) is 0 Å². The molecule has 2 aliphatic rings. The minimum absolute atomic E-state index is 0.101. The number of ether oxygens (including phenoxy) is 3. The number of benzene rings is 1. The second-order valence-corrected chi connectivity index (χ2v) is 5.44. The summed E-state index contributed by atoms with van der Waals surface area (Å²) in [6, 6.07) is 5.74. The van der Waals surface area contributed by atoms with Crippen LogP contribution in [0.15, 0.2) is 18.2 Å². The Morgan fingerprint density at radius 1 is 1.29 bits per heavy atom. The van der Waals surface area contributed by atoms with Crippen LogP contribution in [0.3, 0.4) is 0 Å². The summed E-state index contributed by atoms with van der Waals surface area (Å²) >= 11 is 0. The first-order valence-electron chi connectivity index (χ1n) is 7.04. The molecule has 1 aromatic rings. The molecule has 0 spiro atoms. The molecule has 0 radical (unpaired) electrons. The average molecular weight is 293 g/mol. The molecule has 2 atom stereocenters. The molecule has 0 saturated carbocycles. The molecule has 1 aromatic carbocycles. The molecule has 2 heterocycles. The Hall–Kier alpha value is -1.79. The summed E-state index contributed by atoms with van der Waals surface area (Å²) in [4.78, 5) is 13.2. The van der Waals surface area contributed by atoms with E-state index in [0.29, 0.717) is 26.4 Å². The van der Waals surface area contributed by atoms with E-state index in [9.17, 15) is 9.90 Å². The Morgan fingerprint density at radius 3 is 2.81 bits per heavy atom. The van der Waals surface area contributed by atoms with Crippen molar-refractivity contribution in [3.05, 3.63) is 23.8 Å². The zero-order valence-corrected chi connectivity index (χ0v) is 11.9. The standard InChI is InChI=1S/C15H19NO5/c1-16(12-9-19-8-11(12)15(17)18)7-10-2-3-13-14(6-10)21-5-4-20-13/h2-3,6,11-12H,4-5,7-9H2,1H3,(H,17,18). The number of fused-ring (bicyclic) bond motifs is 1. The van der Waals surface area contributed by atoms with Gasteiger partial charge in [-0.2, -0.15) is 0 Å².